The molecule has 1 aliphatic carbocycles. The van der Waals surface area contributed by atoms with Crippen molar-refractivity contribution in [2.24, 2.45) is 5.73 Å². The molecule has 0 saturated heterocycles. The SMILES string of the molecule is COc1ccc(NC(=O)C2(N)CCC2)cc1Br. The fourth-order valence-corrected chi connectivity index (χ4v) is 2.33. The summed E-state index contributed by atoms with van der Waals surface area (Å²) in [6.07, 6.45) is 2.54. The average molecular weight is 299 g/mol. The lowest BCUT2D eigenvalue weighted by atomic mass is 9.77. The zero-order chi connectivity index (χ0) is 12.5. The molecule has 0 aromatic heterocycles. The Morgan fingerprint density at radius 3 is 2.71 bits per heavy atom. The van der Waals surface area contributed by atoms with Crippen LogP contribution in [0.1, 0.15) is 19.3 Å². The van der Waals surface area contributed by atoms with Gasteiger partial charge in [-0.1, -0.05) is 0 Å². The lowest BCUT2D eigenvalue weighted by Gasteiger charge is -2.36. The first-order chi connectivity index (χ1) is 8.05. The van der Waals surface area contributed by atoms with Gasteiger partial charge in [0.2, 0.25) is 5.91 Å². The third-order valence-corrected chi connectivity index (χ3v) is 3.73. The van der Waals surface area contributed by atoms with Crippen LogP contribution in [0.2, 0.25) is 0 Å². The predicted molar refractivity (Wildman–Crippen MR) is 70.1 cm³/mol. The molecule has 4 nitrogen and oxygen atoms in total. The van der Waals surface area contributed by atoms with Gasteiger partial charge in [-0.15, -0.1) is 0 Å². The van der Waals surface area contributed by atoms with Gasteiger partial charge in [0.05, 0.1) is 17.1 Å². The molecule has 1 aromatic rings. The first-order valence-corrected chi connectivity index (χ1v) is 6.28. The Labute approximate surface area is 109 Å². The maximum Gasteiger partial charge on any atom is 0.244 e. The van der Waals surface area contributed by atoms with Crippen LogP contribution in [-0.4, -0.2) is 18.6 Å². The molecule has 92 valence electrons. The summed E-state index contributed by atoms with van der Waals surface area (Å²) in [5.41, 5.74) is 5.99. The topological polar surface area (TPSA) is 64.3 Å². The first kappa shape index (κ1) is 12.4. The van der Waals surface area contributed by atoms with E-state index in [-0.39, 0.29) is 5.91 Å². The molecule has 0 atom stereocenters. The maximum absolute atomic E-state index is 11.9. The standard InChI is InChI=1S/C12H15BrN2O2/c1-17-10-4-3-8(7-9(10)13)15-11(16)12(14)5-2-6-12/h3-4,7H,2,5-6,14H2,1H3,(H,15,16). The van der Waals surface area contributed by atoms with E-state index in [4.69, 9.17) is 10.5 Å². The number of methoxy groups -OCH3 is 1. The third-order valence-electron chi connectivity index (χ3n) is 3.11. The number of anilines is 1. The van der Waals surface area contributed by atoms with Crippen LogP contribution >= 0.6 is 15.9 Å². The molecule has 0 unspecified atom stereocenters. The maximum atomic E-state index is 11.9. The number of hydrogen-bond acceptors (Lipinski definition) is 3. The molecule has 0 bridgehead atoms. The third kappa shape index (κ3) is 2.45. The summed E-state index contributed by atoms with van der Waals surface area (Å²) in [6.45, 7) is 0. The Kier molecular flexibility index (Phi) is 3.40. The summed E-state index contributed by atoms with van der Waals surface area (Å²) in [4.78, 5) is 11.9. The van der Waals surface area contributed by atoms with Gasteiger partial charge in [-0.2, -0.15) is 0 Å². The van der Waals surface area contributed by atoms with Gasteiger partial charge in [-0.05, 0) is 53.4 Å². The van der Waals surface area contributed by atoms with E-state index in [1.165, 1.54) is 0 Å². The van der Waals surface area contributed by atoms with Crippen molar-refractivity contribution in [2.45, 2.75) is 24.8 Å². The molecule has 1 saturated carbocycles. The van der Waals surface area contributed by atoms with Gasteiger partial charge in [-0.25, -0.2) is 0 Å². The molecular formula is C12H15BrN2O2. The van der Waals surface area contributed by atoms with Crippen LogP contribution in [0.3, 0.4) is 0 Å². The number of benzene rings is 1. The second kappa shape index (κ2) is 4.66. The Morgan fingerprint density at radius 2 is 2.24 bits per heavy atom. The number of nitrogens with one attached hydrogen (secondary N) is 1. The second-order valence-corrected chi connectivity index (χ2v) is 5.17. The van der Waals surface area contributed by atoms with E-state index in [0.717, 1.165) is 35.2 Å². The van der Waals surface area contributed by atoms with Crippen molar-refractivity contribution in [3.8, 4) is 5.75 Å². The van der Waals surface area contributed by atoms with Crippen LogP contribution in [0.15, 0.2) is 22.7 Å². The predicted octanol–water partition coefficient (Wildman–Crippen LogP) is 2.28. The highest BCUT2D eigenvalue weighted by atomic mass is 79.9. The van der Waals surface area contributed by atoms with Crippen LogP contribution in [0, 0.1) is 0 Å². The lowest BCUT2D eigenvalue weighted by Crippen LogP contribution is -2.56. The van der Waals surface area contributed by atoms with Gasteiger partial charge in [0, 0.05) is 5.69 Å². The Hall–Kier alpha value is -1.07. The highest BCUT2D eigenvalue weighted by Crippen LogP contribution is 2.32. The number of amides is 1. The van der Waals surface area contributed by atoms with E-state index >= 15 is 0 Å². The van der Waals surface area contributed by atoms with E-state index < -0.39 is 5.54 Å². The van der Waals surface area contributed by atoms with Crippen molar-refractivity contribution >= 4 is 27.5 Å². The lowest BCUT2D eigenvalue weighted by molar-refractivity contribution is -0.123. The van der Waals surface area contributed by atoms with Gasteiger partial charge >= 0.3 is 0 Å². The molecule has 1 aromatic carbocycles. The van der Waals surface area contributed by atoms with Crippen LogP contribution < -0.4 is 15.8 Å². The van der Waals surface area contributed by atoms with Gasteiger partial charge < -0.3 is 15.8 Å². The fourth-order valence-electron chi connectivity index (χ4n) is 1.78. The van der Waals surface area contributed by atoms with Crippen molar-refractivity contribution in [3.63, 3.8) is 0 Å². The van der Waals surface area contributed by atoms with Crippen molar-refractivity contribution in [1.82, 2.24) is 0 Å². The van der Waals surface area contributed by atoms with Crippen LogP contribution in [0.5, 0.6) is 5.75 Å². The molecule has 2 rings (SSSR count). The van der Waals surface area contributed by atoms with E-state index in [1.54, 1.807) is 25.3 Å². The molecule has 0 aliphatic heterocycles. The van der Waals surface area contributed by atoms with Crippen LogP contribution in [0.4, 0.5) is 5.69 Å². The van der Waals surface area contributed by atoms with Crippen LogP contribution in [0.25, 0.3) is 0 Å². The van der Waals surface area contributed by atoms with Crippen molar-refractivity contribution in [1.29, 1.82) is 0 Å². The highest BCUT2D eigenvalue weighted by Gasteiger charge is 2.40. The van der Waals surface area contributed by atoms with Crippen LogP contribution in [-0.2, 0) is 4.79 Å². The molecule has 0 spiro atoms. The minimum Gasteiger partial charge on any atom is -0.496 e. The quantitative estimate of drug-likeness (QED) is 0.900. The number of nitrogens with two attached hydrogens (primary N) is 1. The van der Waals surface area contributed by atoms with Gasteiger partial charge in [0.25, 0.3) is 0 Å². The molecule has 1 aliphatic rings. The van der Waals surface area contributed by atoms with E-state index in [0.29, 0.717) is 0 Å². The molecule has 3 N–H and O–H groups in total. The summed E-state index contributed by atoms with van der Waals surface area (Å²) in [5.74, 6) is 0.620. The van der Waals surface area contributed by atoms with Crippen molar-refractivity contribution < 1.29 is 9.53 Å². The van der Waals surface area contributed by atoms with E-state index in [2.05, 4.69) is 21.2 Å². The summed E-state index contributed by atoms with van der Waals surface area (Å²) in [7, 11) is 1.60. The minimum absolute atomic E-state index is 0.110. The Balaban J connectivity index is 2.08. The van der Waals surface area contributed by atoms with Gasteiger partial charge in [0.15, 0.2) is 0 Å². The minimum atomic E-state index is -0.674. The molecule has 0 radical (unpaired) electrons. The second-order valence-electron chi connectivity index (χ2n) is 4.31. The molecule has 1 amide bonds. The zero-order valence-electron chi connectivity index (χ0n) is 9.63. The van der Waals surface area contributed by atoms with Crippen molar-refractivity contribution in [3.05, 3.63) is 22.7 Å². The largest absolute Gasteiger partial charge is 0.496 e. The number of rotatable bonds is 3. The number of carbonyl (C=O) groups excluding carboxylic acids is 1. The summed E-state index contributed by atoms with van der Waals surface area (Å²) in [5, 5.41) is 2.83. The number of carbonyl (C=O) groups is 1. The van der Waals surface area contributed by atoms with Crippen molar-refractivity contribution in [2.75, 3.05) is 12.4 Å². The summed E-state index contributed by atoms with van der Waals surface area (Å²) >= 11 is 3.37. The number of halogens is 1. The molecular weight excluding hydrogens is 284 g/mol. The zero-order valence-corrected chi connectivity index (χ0v) is 11.2. The molecule has 5 heteroatoms. The first-order valence-electron chi connectivity index (χ1n) is 5.49. The fraction of sp³-hybridized carbons (Fsp3) is 0.417. The smallest absolute Gasteiger partial charge is 0.244 e. The average Bonchev–Trinajstić information content (AvgIpc) is 2.26. The number of hydrogen-bond donors (Lipinski definition) is 2. The Bertz CT molecular complexity index is 444. The highest BCUT2D eigenvalue weighted by molar-refractivity contribution is 9.10. The molecule has 0 heterocycles. The summed E-state index contributed by atoms with van der Waals surface area (Å²) in [6, 6.07) is 5.39. The Morgan fingerprint density at radius 1 is 1.53 bits per heavy atom. The normalized spacial score (nSPS) is 17.1. The molecule has 17 heavy (non-hydrogen) atoms. The van der Waals surface area contributed by atoms with Gasteiger partial charge in [-0.3, -0.25) is 4.79 Å². The monoisotopic (exact) mass is 298 g/mol. The van der Waals surface area contributed by atoms with Gasteiger partial charge in [0.1, 0.15) is 5.75 Å². The summed E-state index contributed by atoms with van der Waals surface area (Å²) < 4.78 is 5.92. The van der Waals surface area contributed by atoms with E-state index in [9.17, 15) is 4.79 Å². The number of ether oxygens (including phenoxy) is 1. The molecule has 1 fully saturated rings. The van der Waals surface area contributed by atoms with E-state index in [1.807, 2.05) is 0 Å².